The minimum Gasteiger partial charge on any atom is -0.493 e. The van der Waals surface area contributed by atoms with Crippen LogP contribution in [-0.2, 0) is 4.79 Å². The van der Waals surface area contributed by atoms with Gasteiger partial charge in [0.1, 0.15) is 0 Å². The third-order valence-electron chi connectivity index (χ3n) is 6.30. The lowest BCUT2D eigenvalue weighted by Crippen LogP contribution is -2.51. The number of fused-ring (bicyclic) bond motifs is 1. The fraction of sp³-hybridized carbons (Fsp3) is 0.565. The molecule has 0 bridgehead atoms. The largest absolute Gasteiger partial charge is 0.493 e. The van der Waals surface area contributed by atoms with Crippen LogP contribution in [0.15, 0.2) is 28.8 Å². The summed E-state index contributed by atoms with van der Waals surface area (Å²) in [6, 6.07) is 8.69. The molecule has 1 atom stereocenters. The first-order chi connectivity index (χ1) is 14.7. The number of carbonyl (C=O) groups excluding carboxylic acids is 1. The van der Waals surface area contributed by atoms with Gasteiger partial charge in [0.2, 0.25) is 5.91 Å². The van der Waals surface area contributed by atoms with Gasteiger partial charge in [0.05, 0.1) is 42.9 Å². The Morgan fingerprint density at radius 1 is 1.23 bits per heavy atom. The van der Waals surface area contributed by atoms with Crippen LogP contribution in [0.1, 0.15) is 56.9 Å². The molecule has 30 heavy (non-hydrogen) atoms. The molecule has 1 aromatic rings. The number of thioether (sulfide) groups is 1. The lowest BCUT2D eigenvalue weighted by Gasteiger charge is -2.44. The first-order valence-corrected chi connectivity index (χ1v) is 11.8. The maximum absolute atomic E-state index is 13.1. The maximum Gasteiger partial charge on any atom is 0.229 e. The summed E-state index contributed by atoms with van der Waals surface area (Å²) in [7, 11) is 1.61. The standard InChI is InChI=1S/C23H29N3O3S/c1-3-29-20-10-9-16(11-21(20)28-2)18-12-22(27)26-14-25(17-7-5-4-6-8-17)15-30-23(26)19(18)13-24/h9-11,17-18H,3-8,12,14-15H2,1-2H3. The van der Waals surface area contributed by atoms with Gasteiger partial charge in [-0.05, 0) is 37.5 Å². The number of nitriles is 1. The molecule has 1 saturated carbocycles. The molecule has 1 aliphatic carbocycles. The number of methoxy groups -OCH3 is 1. The molecule has 1 aromatic carbocycles. The number of hydrogen-bond donors (Lipinski definition) is 0. The van der Waals surface area contributed by atoms with E-state index in [-0.39, 0.29) is 11.8 Å². The van der Waals surface area contributed by atoms with Crippen LogP contribution in [0.3, 0.4) is 0 Å². The van der Waals surface area contributed by atoms with E-state index in [2.05, 4.69) is 11.0 Å². The smallest absolute Gasteiger partial charge is 0.229 e. The van der Waals surface area contributed by atoms with Gasteiger partial charge in [0.25, 0.3) is 0 Å². The van der Waals surface area contributed by atoms with Crippen LogP contribution in [0, 0.1) is 11.3 Å². The van der Waals surface area contributed by atoms with Crippen molar-refractivity contribution in [2.24, 2.45) is 0 Å². The Kier molecular flexibility index (Phi) is 6.55. The van der Waals surface area contributed by atoms with E-state index in [1.165, 1.54) is 32.1 Å². The molecule has 1 saturated heterocycles. The van der Waals surface area contributed by atoms with Gasteiger partial charge in [-0.15, -0.1) is 0 Å². The summed E-state index contributed by atoms with van der Waals surface area (Å²) >= 11 is 1.64. The predicted molar refractivity (Wildman–Crippen MR) is 117 cm³/mol. The SMILES string of the molecule is CCOc1ccc(C2CC(=O)N3CN(C4CCCCC4)CSC3=C2C#N)cc1OC. The molecule has 0 aromatic heterocycles. The molecule has 1 unspecified atom stereocenters. The van der Waals surface area contributed by atoms with Crippen molar-refractivity contribution in [2.75, 3.05) is 26.3 Å². The van der Waals surface area contributed by atoms with Gasteiger partial charge >= 0.3 is 0 Å². The minimum atomic E-state index is -0.243. The van der Waals surface area contributed by atoms with Crippen LogP contribution in [0.4, 0.5) is 0 Å². The first-order valence-electron chi connectivity index (χ1n) is 10.8. The fourth-order valence-corrected chi connectivity index (χ4v) is 5.95. The van der Waals surface area contributed by atoms with E-state index < -0.39 is 0 Å². The monoisotopic (exact) mass is 427 g/mol. The van der Waals surface area contributed by atoms with Gasteiger partial charge in [-0.3, -0.25) is 14.6 Å². The number of amides is 1. The molecule has 3 aliphatic rings. The van der Waals surface area contributed by atoms with Crippen molar-refractivity contribution in [1.29, 1.82) is 5.26 Å². The van der Waals surface area contributed by atoms with Crippen LogP contribution < -0.4 is 9.47 Å². The second-order valence-corrected chi connectivity index (χ2v) is 8.98. The third kappa shape index (κ3) is 4.03. The lowest BCUT2D eigenvalue weighted by atomic mass is 9.86. The van der Waals surface area contributed by atoms with Crippen LogP contribution in [0.25, 0.3) is 0 Å². The number of benzene rings is 1. The van der Waals surface area contributed by atoms with Crippen molar-refractivity contribution in [3.8, 4) is 17.6 Å². The molecule has 2 aliphatic heterocycles. The lowest BCUT2D eigenvalue weighted by molar-refractivity contribution is -0.132. The predicted octanol–water partition coefficient (Wildman–Crippen LogP) is 4.44. The van der Waals surface area contributed by atoms with Crippen molar-refractivity contribution in [1.82, 2.24) is 9.80 Å². The maximum atomic E-state index is 13.1. The van der Waals surface area contributed by atoms with Crippen LogP contribution in [0.5, 0.6) is 11.5 Å². The number of hydrogen-bond acceptors (Lipinski definition) is 6. The highest BCUT2D eigenvalue weighted by atomic mass is 32.2. The number of rotatable bonds is 5. The van der Waals surface area contributed by atoms with Crippen LogP contribution in [-0.4, -0.2) is 48.0 Å². The van der Waals surface area contributed by atoms with Gasteiger partial charge in [0, 0.05) is 18.4 Å². The van der Waals surface area contributed by atoms with Crippen molar-refractivity contribution >= 4 is 17.7 Å². The normalized spacial score (nSPS) is 23.2. The number of allylic oxidation sites excluding steroid dienone is 1. The van der Waals surface area contributed by atoms with E-state index in [0.29, 0.717) is 42.8 Å². The average Bonchev–Trinajstić information content (AvgIpc) is 2.80. The van der Waals surface area contributed by atoms with Gasteiger partial charge in [-0.1, -0.05) is 37.1 Å². The Morgan fingerprint density at radius 3 is 2.73 bits per heavy atom. The van der Waals surface area contributed by atoms with Crippen LogP contribution in [0.2, 0.25) is 0 Å². The molecule has 6 nitrogen and oxygen atoms in total. The van der Waals surface area contributed by atoms with Crippen LogP contribution >= 0.6 is 11.8 Å². The number of nitrogens with zero attached hydrogens (tertiary/aromatic N) is 3. The average molecular weight is 428 g/mol. The third-order valence-corrected chi connectivity index (χ3v) is 7.47. The van der Waals surface area contributed by atoms with Gasteiger partial charge in [-0.25, -0.2) is 0 Å². The summed E-state index contributed by atoms with van der Waals surface area (Å²) in [5.74, 6) is 2.00. The minimum absolute atomic E-state index is 0.0925. The van der Waals surface area contributed by atoms with Gasteiger partial charge in [-0.2, -0.15) is 5.26 Å². The topological polar surface area (TPSA) is 65.8 Å². The first kappa shape index (κ1) is 21.1. The zero-order chi connectivity index (χ0) is 21.1. The van der Waals surface area contributed by atoms with Crippen molar-refractivity contribution in [3.63, 3.8) is 0 Å². The Morgan fingerprint density at radius 2 is 2.03 bits per heavy atom. The van der Waals surface area contributed by atoms with Gasteiger partial charge in [0.15, 0.2) is 11.5 Å². The van der Waals surface area contributed by atoms with Crippen molar-refractivity contribution in [3.05, 3.63) is 34.4 Å². The molecule has 7 heteroatoms. The zero-order valence-electron chi connectivity index (χ0n) is 17.7. The molecule has 0 N–H and O–H groups in total. The number of carbonyl (C=O) groups is 1. The molecular formula is C23H29N3O3S. The molecule has 160 valence electrons. The summed E-state index contributed by atoms with van der Waals surface area (Å²) in [6.45, 7) is 3.08. The highest BCUT2D eigenvalue weighted by Gasteiger charge is 2.39. The molecule has 2 fully saturated rings. The summed E-state index contributed by atoms with van der Waals surface area (Å²) in [5.41, 5.74) is 1.61. The summed E-state index contributed by atoms with van der Waals surface area (Å²) in [5, 5.41) is 10.8. The number of ether oxygens (including phenoxy) is 2. The molecule has 2 heterocycles. The summed E-state index contributed by atoms with van der Waals surface area (Å²) < 4.78 is 11.1. The quantitative estimate of drug-likeness (QED) is 0.692. The van der Waals surface area contributed by atoms with E-state index in [0.717, 1.165) is 16.5 Å². The second-order valence-electron chi connectivity index (χ2n) is 8.05. The van der Waals surface area contributed by atoms with Crippen molar-refractivity contribution in [2.45, 2.75) is 57.4 Å². The fourth-order valence-electron chi connectivity index (χ4n) is 4.71. The Bertz CT molecular complexity index is 873. The summed E-state index contributed by atoms with van der Waals surface area (Å²) in [6.07, 6.45) is 6.59. The Labute approximate surface area is 182 Å². The van der Waals surface area contributed by atoms with E-state index >= 15 is 0 Å². The van der Waals surface area contributed by atoms with E-state index in [1.54, 1.807) is 18.9 Å². The Hall–Kier alpha value is -2.17. The zero-order valence-corrected chi connectivity index (χ0v) is 18.5. The Balaban J connectivity index is 1.61. The van der Waals surface area contributed by atoms with Gasteiger partial charge < -0.3 is 9.47 Å². The van der Waals surface area contributed by atoms with E-state index in [1.807, 2.05) is 30.0 Å². The molecule has 4 rings (SSSR count). The molecule has 1 amide bonds. The summed E-state index contributed by atoms with van der Waals surface area (Å²) in [4.78, 5) is 17.4. The highest BCUT2D eigenvalue weighted by Crippen LogP contribution is 2.44. The molecular weight excluding hydrogens is 398 g/mol. The molecule has 0 spiro atoms. The van der Waals surface area contributed by atoms with E-state index in [4.69, 9.17) is 9.47 Å². The molecule has 0 radical (unpaired) electrons. The highest BCUT2D eigenvalue weighted by molar-refractivity contribution is 8.03. The second kappa shape index (κ2) is 9.32. The van der Waals surface area contributed by atoms with E-state index in [9.17, 15) is 10.1 Å². The van der Waals surface area contributed by atoms with Crippen molar-refractivity contribution < 1.29 is 14.3 Å².